The zero-order valence-electron chi connectivity index (χ0n) is 50.4. The highest BCUT2D eigenvalue weighted by Crippen LogP contribution is 2.37. The molecule has 2 fully saturated rings. The number of pyridine rings is 3. The van der Waals surface area contributed by atoms with Crippen LogP contribution in [0.4, 0.5) is 30.6 Å². The fraction of sp³-hybridized carbons (Fsp3) is 0.344. The maximum Gasteiger partial charge on any atom is 0.254 e. The molecule has 2 bridgehead atoms. The van der Waals surface area contributed by atoms with Crippen molar-refractivity contribution >= 4 is 80.4 Å². The molecule has 0 saturated heterocycles. The molecular formula is C64H68F3I2N15O6. The number of nitrogens with zero attached hydrogens (tertiary/aromatic N) is 12. The molecule has 3 amide bonds. The number of rotatable bonds is 15. The van der Waals surface area contributed by atoms with E-state index in [0.717, 1.165) is 31.5 Å². The summed E-state index contributed by atoms with van der Waals surface area (Å²) in [5.41, 5.74) is 23.1. The van der Waals surface area contributed by atoms with Crippen LogP contribution in [-0.4, -0.2) is 105 Å². The van der Waals surface area contributed by atoms with E-state index < -0.39 is 35.8 Å². The molecule has 3 aliphatic rings. The van der Waals surface area contributed by atoms with Gasteiger partial charge in [-0.2, -0.15) is 0 Å². The van der Waals surface area contributed by atoms with Gasteiger partial charge >= 0.3 is 0 Å². The molecule has 1 aliphatic heterocycles. The Morgan fingerprint density at radius 2 is 1.29 bits per heavy atom. The molecular weight excluding hydrogens is 1390 g/mol. The summed E-state index contributed by atoms with van der Waals surface area (Å²) >= 11 is 4.19. The van der Waals surface area contributed by atoms with E-state index in [1.807, 2.05) is 21.6 Å². The van der Waals surface area contributed by atoms with Gasteiger partial charge in [-0.15, -0.1) is 16.6 Å². The third kappa shape index (κ3) is 16.1. The number of carbonyl (C=O) groups excluding carboxylic acids is 3. The predicted molar refractivity (Wildman–Crippen MR) is 349 cm³/mol. The number of anilines is 3. The topological polar surface area (TPSA) is 267 Å². The summed E-state index contributed by atoms with van der Waals surface area (Å²) in [6, 6.07) is 17.4. The van der Waals surface area contributed by atoms with Gasteiger partial charge in [0.05, 0.1) is 31.5 Å². The van der Waals surface area contributed by atoms with Crippen LogP contribution in [0.5, 0.6) is 17.2 Å². The fourth-order valence-corrected chi connectivity index (χ4v) is 11.2. The molecule has 0 unspecified atom stereocenters. The largest absolute Gasteiger partial charge is 0.482 e. The third-order valence-electron chi connectivity index (χ3n) is 15.7. The van der Waals surface area contributed by atoms with Crippen molar-refractivity contribution in [2.24, 2.45) is 11.8 Å². The van der Waals surface area contributed by atoms with Crippen LogP contribution in [0.2, 0.25) is 0 Å². The molecule has 6 N–H and O–H groups in total. The minimum absolute atomic E-state index is 0.151. The lowest BCUT2D eigenvalue weighted by molar-refractivity contribution is 0.0771. The van der Waals surface area contributed by atoms with Gasteiger partial charge in [-0.25, -0.2) is 32.8 Å². The van der Waals surface area contributed by atoms with Gasteiger partial charge in [-0.05, 0) is 176 Å². The van der Waals surface area contributed by atoms with Gasteiger partial charge in [0.2, 0.25) is 0 Å². The summed E-state index contributed by atoms with van der Waals surface area (Å²) < 4.78 is 65.2. The molecule has 2 aliphatic carbocycles. The molecule has 470 valence electrons. The third-order valence-corrected chi connectivity index (χ3v) is 16.9. The van der Waals surface area contributed by atoms with Gasteiger partial charge in [-0.1, -0.05) is 29.2 Å². The van der Waals surface area contributed by atoms with E-state index in [2.05, 4.69) is 86.7 Å². The first-order valence-electron chi connectivity index (χ1n) is 29.0. The summed E-state index contributed by atoms with van der Waals surface area (Å²) in [6.45, 7) is 7.55. The number of aromatic nitrogens is 9. The van der Waals surface area contributed by atoms with Gasteiger partial charge in [0, 0.05) is 98.9 Å². The summed E-state index contributed by atoms with van der Waals surface area (Å²) in [6.07, 6.45) is 17.5. The average Bonchev–Trinajstić information content (AvgIpc) is 2.84. The molecule has 26 heteroatoms. The molecule has 90 heavy (non-hydrogen) atoms. The second-order valence-electron chi connectivity index (χ2n) is 22.4. The van der Waals surface area contributed by atoms with Crippen LogP contribution in [0, 0.1) is 48.8 Å². The Balaban J connectivity index is 0.000000162. The van der Waals surface area contributed by atoms with Crippen molar-refractivity contribution in [2.45, 2.75) is 104 Å². The Bertz CT molecular complexity index is 3970. The minimum Gasteiger partial charge on any atom is -0.482 e. The molecule has 5 aromatic heterocycles. The maximum atomic E-state index is 14.1. The average molecular weight is 1450 g/mol. The Labute approximate surface area is 546 Å². The lowest BCUT2D eigenvalue weighted by atomic mass is 9.85. The summed E-state index contributed by atoms with van der Waals surface area (Å²) in [5.74, 6) is 3.27. The Morgan fingerprint density at radius 3 is 1.86 bits per heavy atom. The highest BCUT2D eigenvalue weighted by atomic mass is 127. The number of ether oxygens (including phenoxy) is 3. The summed E-state index contributed by atoms with van der Waals surface area (Å²) in [5, 5.41) is 17.2. The molecule has 21 nitrogen and oxygen atoms in total. The molecule has 11 rings (SSSR count). The molecule has 8 aromatic rings. The summed E-state index contributed by atoms with van der Waals surface area (Å²) in [4.78, 5) is 56.0. The smallest absolute Gasteiger partial charge is 0.254 e. The first-order valence-corrected chi connectivity index (χ1v) is 31.2. The van der Waals surface area contributed by atoms with Crippen molar-refractivity contribution in [3.63, 3.8) is 0 Å². The first kappa shape index (κ1) is 65.8. The second kappa shape index (κ2) is 29.4. The predicted octanol–water partition coefficient (Wildman–Crippen LogP) is 11.1. The van der Waals surface area contributed by atoms with Crippen LogP contribution < -0.4 is 31.4 Å². The standard InChI is InChI=1S/C23H26FIN6O2.C23H25FN6O2.C18H17FIN3O2/c1-14(33-21-9-17(25)10-27-22(21)26)20-8-16(24)6-7-19(20)23(32)30(2)12-18-13-31(29-28-18)11-15-4-3-5-15;1-13-18-9-16(24)6-7-17(18)23(31)29(2)12-19-21(15-8-20(32-13)22(25)26-10-15)30(28-27-19)11-14-4-3-5-14;1-4-7-23(3)18(24)14-6-5-12(19)8-15(14)11(2)25-16-9-13(20)10-22-17(16)21/h6-10,13-15H,3-5,11-12H2,1-2H3,(H2,26,27);6-10,13-14H,3-5,11-12H2,1-2H3,(H2,25,26);1,5-6,8-11H,7H2,2-3H3,(H2,21,22)/t14-;13-;11-/m111/s1. The molecule has 0 radical (unpaired) electrons. The van der Waals surface area contributed by atoms with Gasteiger partial charge in [0.15, 0.2) is 34.7 Å². The number of terminal acetylenes is 1. The van der Waals surface area contributed by atoms with E-state index >= 15 is 0 Å². The van der Waals surface area contributed by atoms with Crippen molar-refractivity contribution < 1.29 is 41.8 Å². The maximum absolute atomic E-state index is 14.1. The number of amides is 3. The Kier molecular flexibility index (Phi) is 21.5. The van der Waals surface area contributed by atoms with Crippen molar-refractivity contribution in [2.75, 3.05) is 44.9 Å². The minimum atomic E-state index is -0.626. The normalized spacial score (nSPS) is 15.2. The molecule has 3 aromatic carbocycles. The van der Waals surface area contributed by atoms with Crippen molar-refractivity contribution in [1.82, 2.24) is 59.6 Å². The van der Waals surface area contributed by atoms with Crippen LogP contribution in [0.15, 0.2) is 97.6 Å². The molecule has 6 heterocycles. The lowest BCUT2D eigenvalue weighted by Gasteiger charge is -2.26. The lowest BCUT2D eigenvalue weighted by Crippen LogP contribution is -2.28. The van der Waals surface area contributed by atoms with E-state index in [4.69, 9.17) is 37.8 Å². The van der Waals surface area contributed by atoms with E-state index in [-0.39, 0.29) is 48.3 Å². The van der Waals surface area contributed by atoms with Crippen LogP contribution in [0.25, 0.3) is 11.3 Å². The van der Waals surface area contributed by atoms with Crippen molar-refractivity contribution in [1.29, 1.82) is 0 Å². The molecule has 2 saturated carbocycles. The number of nitrogen functional groups attached to an aromatic ring is 3. The second-order valence-corrected chi connectivity index (χ2v) is 24.9. The quantitative estimate of drug-likeness (QED) is 0.0636. The van der Waals surface area contributed by atoms with Crippen LogP contribution in [0.1, 0.15) is 137 Å². The van der Waals surface area contributed by atoms with Crippen molar-refractivity contribution in [3.05, 3.63) is 167 Å². The fourth-order valence-electron chi connectivity index (χ4n) is 10.4. The Morgan fingerprint density at radius 1 is 0.744 bits per heavy atom. The van der Waals surface area contributed by atoms with E-state index in [9.17, 15) is 27.6 Å². The first-order chi connectivity index (χ1) is 43.0. The monoisotopic (exact) mass is 1450 g/mol. The van der Waals surface area contributed by atoms with Crippen molar-refractivity contribution in [3.8, 4) is 40.8 Å². The van der Waals surface area contributed by atoms with Gasteiger partial charge < -0.3 is 46.1 Å². The van der Waals surface area contributed by atoms with Crippen LogP contribution in [-0.2, 0) is 26.2 Å². The van der Waals surface area contributed by atoms with E-state index in [1.54, 1.807) is 82.4 Å². The van der Waals surface area contributed by atoms with Crippen LogP contribution in [0.3, 0.4) is 0 Å². The number of halogens is 5. The number of benzene rings is 3. The van der Waals surface area contributed by atoms with Gasteiger partial charge in [0.25, 0.3) is 17.7 Å². The number of carbonyl (C=O) groups is 3. The zero-order chi connectivity index (χ0) is 64.5. The van der Waals surface area contributed by atoms with E-state index in [1.165, 1.54) is 98.0 Å². The van der Waals surface area contributed by atoms with E-state index in [0.29, 0.717) is 80.4 Å². The number of hydrogen-bond donors (Lipinski definition) is 3. The number of fused-ring (bicyclic) bond motifs is 5. The Hall–Kier alpha value is -8.59. The highest BCUT2D eigenvalue weighted by molar-refractivity contribution is 14.1. The SMILES string of the molecule is C#CCN(C)C(=O)c1ccc(F)cc1[C@@H](C)Oc1cc(I)cnc1N.C[C@@H](Oc1cc(I)cnc1N)c1cc(F)ccc1C(=O)N(C)Cc1cn(CC2CCC2)nn1.C[C@H]1Oc2cc(cnc2N)-c2c(nnn2CC2CCC2)CN(C)C(=O)c2ccc(F)cc21. The molecule has 3 atom stereocenters. The highest BCUT2D eigenvalue weighted by Gasteiger charge is 2.30. The molecule has 0 spiro atoms. The van der Waals surface area contributed by atoms with Gasteiger partial charge in [0.1, 0.15) is 47.2 Å². The summed E-state index contributed by atoms with van der Waals surface area (Å²) in [7, 11) is 4.98. The zero-order valence-corrected chi connectivity index (χ0v) is 54.7. The van der Waals surface area contributed by atoms with Gasteiger partial charge in [-0.3, -0.25) is 19.1 Å². The number of nitrogens with two attached hydrogens (primary N) is 3. The van der Waals surface area contributed by atoms with Crippen LogP contribution >= 0.6 is 45.2 Å². The number of hydrogen-bond acceptors (Lipinski definition) is 16.